The maximum absolute atomic E-state index is 9.33. The largest absolute Gasteiger partial charge is 0.493 e. The average Bonchev–Trinajstić information content (AvgIpc) is 3.34. The first-order chi connectivity index (χ1) is 16.6. The van der Waals surface area contributed by atoms with Gasteiger partial charge in [-0.25, -0.2) is 0 Å². The van der Waals surface area contributed by atoms with Crippen molar-refractivity contribution in [2.24, 2.45) is 0 Å². The first-order valence-corrected chi connectivity index (χ1v) is 11.3. The topological polar surface area (TPSA) is 73.5 Å². The summed E-state index contributed by atoms with van der Waals surface area (Å²) in [6.45, 7) is 2.25. The molecule has 7 heteroatoms. The number of ether oxygens (including phenoxy) is 4. The summed E-state index contributed by atoms with van der Waals surface area (Å²) in [6.07, 6.45) is 0.888. The second kappa shape index (κ2) is 9.08. The van der Waals surface area contributed by atoms with Crippen molar-refractivity contribution in [1.82, 2.24) is 4.90 Å². The fourth-order valence-corrected chi connectivity index (χ4v) is 5.01. The second-order valence-corrected chi connectivity index (χ2v) is 8.45. The molecule has 1 aliphatic rings. The zero-order valence-corrected chi connectivity index (χ0v) is 19.9. The van der Waals surface area contributed by atoms with Crippen LogP contribution in [0.3, 0.4) is 0 Å². The summed E-state index contributed by atoms with van der Waals surface area (Å²) in [5.41, 5.74) is 2.57. The molecule has 0 unspecified atom stereocenters. The van der Waals surface area contributed by atoms with Crippen LogP contribution in [0.4, 0.5) is 0 Å². The molecule has 1 aliphatic heterocycles. The maximum atomic E-state index is 9.33. The van der Waals surface area contributed by atoms with Crippen LogP contribution >= 0.6 is 0 Å². The Bertz CT molecular complexity index is 1360. The summed E-state index contributed by atoms with van der Waals surface area (Å²) < 4.78 is 28.3. The van der Waals surface area contributed by atoms with Gasteiger partial charge in [0.2, 0.25) is 0 Å². The number of nitrogens with zero attached hydrogens (tertiary/aromatic N) is 1. The lowest BCUT2D eigenvalue weighted by Crippen LogP contribution is -2.30. The summed E-state index contributed by atoms with van der Waals surface area (Å²) in [5, 5.41) is 13.8. The highest BCUT2D eigenvalue weighted by atomic mass is 16.5. The van der Waals surface area contributed by atoms with Gasteiger partial charge in [-0.05, 0) is 75.5 Å². The van der Waals surface area contributed by atoms with Gasteiger partial charge in [-0.2, -0.15) is 0 Å². The summed E-state index contributed by atoms with van der Waals surface area (Å²) in [5.74, 6) is 4.23. The van der Waals surface area contributed by atoms with E-state index in [-0.39, 0.29) is 6.61 Å². The molecule has 0 amide bonds. The Morgan fingerprint density at radius 1 is 0.735 bits per heavy atom. The zero-order valence-electron chi connectivity index (χ0n) is 19.9. The van der Waals surface area contributed by atoms with E-state index in [4.69, 9.17) is 23.4 Å². The van der Waals surface area contributed by atoms with E-state index in [9.17, 15) is 5.11 Å². The highest BCUT2D eigenvalue weighted by Gasteiger charge is 2.25. The Hall–Kier alpha value is -3.42. The molecule has 4 aromatic rings. The van der Waals surface area contributed by atoms with Crippen LogP contribution in [0.2, 0.25) is 0 Å². The lowest BCUT2D eigenvalue weighted by molar-refractivity contribution is 0.209. The number of methoxy groups -OCH3 is 4. The van der Waals surface area contributed by atoms with Crippen molar-refractivity contribution >= 4 is 21.5 Å². The third kappa shape index (κ3) is 3.71. The van der Waals surface area contributed by atoms with Crippen molar-refractivity contribution in [3.05, 3.63) is 59.0 Å². The molecule has 178 valence electrons. The van der Waals surface area contributed by atoms with Gasteiger partial charge >= 0.3 is 0 Å². The molecule has 0 atom stereocenters. The number of furan rings is 1. The van der Waals surface area contributed by atoms with E-state index in [1.54, 1.807) is 28.4 Å². The zero-order chi connectivity index (χ0) is 23.8. The fourth-order valence-electron chi connectivity index (χ4n) is 5.01. The van der Waals surface area contributed by atoms with Crippen molar-refractivity contribution in [3.8, 4) is 23.0 Å². The first-order valence-electron chi connectivity index (χ1n) is 11.3. The Morgan fingerprint density at radius 2 is 1.24 bits per heavy atom. The van der Waals surface area contributed by atoms with E-state index in [2.05, 4.69) is 17.0 Å². The van der Waals surface area contributed by atoms with Gasteiger partial charge in [0.05, 0.1) is 35.0 Å². The van der Waals surface area contributed by atoms with Crippen molar-refractivity contribution in [2.75, 3.05) is 35.0 Å². The number of aliphatic hydroxyl groups excluding tert-OH is 1. The van der Waals surface area contributed by atoms with E-state index in [0.29, 0.717) is 35.3 Å². The Balaban J connectivity index is 1.70. The van der Waals surface area contributed by atoms with Crippen LogP contribution in [0, 0.1) is 0 Å². The summed E-state index contributed by atoms with van der Waals surface area (Å²) in [7, 11) is 6.63. The summed E-state index contributed by atoms with van der Waals surface area (Å²) in [4.78, 5) is 2.37. The van der Waals surface area contributed by atoms with Crippen molar-refractivity contribution in [3.63, 3.8) is 0 Å². The SMILES string of the molecule is COc1cc2c3c(c4cc(OC)c(OC)cc4c2cc1OC)CN(Cc1ccc(CO)o1)CC3. The average molecular weight is 464 g/mol. The molecule has 0 saturated heterocycles. The molecular weight excluding hydrogens is 434 g/mol. The molecular formula is C27H29NO6. The van der Waals surface area contributed by atoms with E-state index < -0.39 is 0 Å². The third-order valence-corrected chi connectivity index (χ3v) is 6.66. The minimum atomic E-state index is -0.0909. The van der Waals surface area contributed by atoms with E-state index in [1.165, 1.54) is 11.1 Å². The number of aliphatic hydroxyl groups is 1. The van der Waals surface area contributed by atoms with Gasteiger partial charge in [-0.15, -0.1) is 0 Å². The lowest BCUT2D eigenvalue weighted by Gasteiger charge is -2.31. The number of hydrogen-bond acceptors (Lipinski definition) is 7. The predicted molar refractivity (Wildman–Crippen MR) is 130 cm³/mol. The van der Waals surface area contributed by atoms with Gasteiger partial charge in [0.15, 0.2) is 23.0 Å². The first kappa shape index (κ1) is 22.4. The van der Waals surface area contributed by atoms with E-state index in [1.807, 2.05) is 24.3 Å². The molecule has 0 radical (unpaired) electrons. The Kier molecular flexibility index (Phi) is 5.98. The fraction of sp³-hybridized carbons (Fsp3) is 0.333. The second-order valence-electron chi connectivity index (χ2n) is 8.45. The molecule has 0 bridgehead atoms. The number of rotatable bonds is 7. The molecule has 0 spiro atoms. The maximum Gasteiger partial charge on any atom is 0.161 e. The molecule has 3 aromatic carbocycles. The summed E-state index contributed by atoms with van der Waals surface area (Å²) in [6, 6.07) is 12.0. The minimum Gasteiger partial charge on any atom is -0.493 e. The predicted octanol–water partition coefficient (Wildman–Crippen LogP) is 4.67. The molecule has 1 N–H and O–H groups in total. The molecule has 5 rings (SSSR count). The number of hydrogen-bond donors (Lipinski definition) is 1. The van der Waals surface area contributed by atoms with Gasteiger partial charge < -0.3 is 28.5 Å². The van der Waals surface area contributed by atoms with Crippen molar-refractivity contribution in [1.29, 1.82) is 0 Å². The van der Waals surface area contributed by atoms with E-state index in [0.717, 1.165) is 46.8 Å². The lowest BCUT2D eigenvalue weighted by atomic mass is 9.87. The molecule has 2 heterocycles. The van der Waals surface area contributed by atoms with Gasteiger partial charge in [-0.3, -0.25) is 4.90 Å². The van der Waals surface area contributed by atoms with Gasteiger partial charge in [0, 0.05) is 13.1 Å². The summed E-state index contributed by atoms with van der Waals surface area (Å²) >= 11 is 0. The van der Waals surface area contributed by atoms with Crippen molar-refractivity contribution < 1.29 is 28.5 Å². The van der Waals surface area contributed by atoms with Crippen LogP contribution < -0.4 is 18.9 Å². The molecule has 34 heavy (non-hydrogen) atoms. The number of benzene rings is 3. The standard InChI is InChI=1S/C27H29NO6/c1-30-24-9-19-18-7-8-28(13-16-5-6-17(15-29)34-16)14-23(18)22-12-27(33-4)26(32-3)11-21(22)20(19)10-25(24)31-2/h5-6,9-12,29H,7-8,13-15H2,1-4H3. The normalized spacial score (nSPS) is 13.8. The molecule has 1 aromatic heterocycles. The van der Waals surface area contributed by atoms with Crippen molar-refractivity contribution in [2.45, 2.75) is 26.1 Å². The highest BCUT2D eigenvalue weighted by Crippen LogP contribution is 2.44. The van der Waals surface area contributed by atoms with Crippen LogP contribution in [-0.2, 0) is 26.1 Å². The monoisotopic (exact) mass is 463 g/mol. The van der Waals surface area contributed by atoms with Crippen LogP contribution in [0.15, 0.2) is 40.8 Å². The van der Waals surface area contributed by atoms with Gasteiger partial charge in [0.1, 0.15) is 18.1 Å². The third-order valence-electron chi connectivity index (χ3n) is 6.66. The molecule has 0 aliphatic carbocycles. The molecule has 7 nitrogen and oxygen atoms in total. The smallest absolute Gasteiger partial charge is 0.161 e. The Labute approximate surface area is 198 Å². The molecule has 0 fully saturated rings. The molecule has 0 saturated carbocycles. The number of fused-ring (bicyclic) bond motifs is 6. The Morgan fingerprint density at radius 3 is 1.74 bits per heavy atom. The van der Waals surface area contributed by atoms with Crippen LogP contribution in [0.5, 0.6) is 23.0 Å². The van der Waals surface area contributed by atoms with Crippen LogP contribution in [0.25, 0.3) is 21.5 Å². The van der Waals surface area contributed by atoms with Gasteiger partial charge in [0.25, 0.3) is 0 Å². The van der Waals surface area contributed by atoms with Crippen LogP contribution in [0.1, 0.15) is 22.6 Å². The minimum absolute atomic E-state index is 0.0909. The van der Waals surface area contributed by atoms with E-state index >= 15 is 0 Å². The quantitative estimate of drug-likeness (QED) is 0.399. The van der Waals surface area contributed by atoms with Crippen LogP contribution in [-0.4, -0.2) is 45.0 Å². The van der Waals surface area contributed by atoms with Gasteiger partial charge in [-0.1, -0.05) is 0 Å². The highest BCUT2D eigenvalue weighted by molar-refractivity contribution is 6.12.